The number of nitrogens with zero attached hydrogens (tertiary/aromatic N) is 2. The molecule has 32 heavy (non-hydrogen) atoms. The summed E-state index contributed by atoms with van der Waals surface area (Å²) in [6, 6.07) is 18.3. The summed E-state index contributed by atoms with van der Waals surface area (Å²) in [5.74, 6) is 0.699. The predicted molar refractivity (Wildman–Crippen MR) is 127 cm³/mol. The van der Waals surface area contributed by atoms with E-state index in [0.29, 0.717) is 19.0 Å². The van der Waals surface area contributed by atoms with E-state index in [1.807, 2.05) is 54.3 Å². The van der Waals surface area contributed by atoms with Crippen LogP contribution in [0.5, 0.6) is 0 Å². The Kier molecular flexibility index (Phi) is 7.65. The molecule has 168 valence electrons. The van der Waals surface area contributed by atoms with Crippen LogP contribution in [0.3, 0.4) is 0 Å². The Morgan fingerprint density at radius 3 is 2.53 bits per heavy atom. The third-order valence-corrected chi connectivity index (χ3v) is 5.82. The number of aromatic nitrogens is 1. The molecular weight excluding hydrogens is 400 g/mol. The number of benzene rings is 2. The van der Waals surface area contributed by atoms with E-state index in [9.17, 15) is 9.90 Å². The second-order valence-corrected chi connectivity index (χ2v) is 8.59. The molecule has 0 amide bonds. The van der Waals surface area contributed by atoms with E-state index in [1.165, 1.54) is 5.56 Å². The maximum Gasteiger partial charge on any atom is 0.323 e. The standard InChI is InChI=1S/C27H32N2O3/c1-5-17-29(27(3,4)26(30)31)19-22-13-9-11-21(18-22)12-10-16-24-20(2)32-25(28-24)23-14-7-6-8-15-23/h5-9,11,13-15,18H,1,10,12,16-17,19H2,2-4H3,(H,30,31). The predicted octanol–water partition coefficient (Wildman–Crippen LogP) is 5.68. The van der Waals surface area contributed by atoms with Crippen molar-refractivity contribution in [3.63, 3.8) is 0 Å². The van der Waals surface area contributed by atoms with Gasteiger partial charge in [0.15, 0.2) is 0 Å². The van der Waals surface area contributed by atoms with Crippen molar-refractivity contribution in [3.05, 3.63) is 89.8 Å². The SMILES string of the molecule is C=CCN(Cc1cccc(CCCc2nc(-c3ccccc3)oc2C)c1)C(C)(C)C(=O)O. The summed E-state index contributed by atoms with van der Waals surface area (Å²) < 4.78 is 5.87. The number of oxazole rings is 1. The number of rotatable bonds is 11. The summed E-state index contributed by atoms with van der Waals surface area (Å²) >= 11 is 0. The van der Waals surface area contributed by atoms with E-state index < -0.39 is 11.5 Å². The van der Waals surface area contributed by atoms with Crippen LogP contribution in [0.2, 0.25) is 0 Å². The van der Waals surface area contributed by atoms with Crippen LogP contribution in [-0.2, 0) is 24.2 Å². The lowest BCUT2D eigenvalue weighted by Gasteiger charge is -2.34. The molecule has 0 saturated heterocycles. The fourth-order valence-corrected chi connectivity index (χ4v) is 3.71. The third-order valence-electron chi connectivity index (χ3n) is 5.82. The van der Waals surface area contributed by atoms with Crippen LogP contribution in [0.4, 0.5) is 0 Å². The number of carboxylic acid groups (broad SMARTS) is 1. The van der Waals surface area contributed by atoms with E-state index in [0.717, 1.165) is 41.8 Å². The number of hydrogen-bond acceptors (Lipinski definition) is 4. The second-order valence-electron chi connectivity index (χ2n) is 8.59. The molecule has 0 radical (unpaired) electrons. The van der Waals surface area contributed by atoms with Crippen molar-refractivity contribution in [2.24, 2.45) is 0 Å². The van der Waals surface area contributed by atoms with Gasteiger partial charge in [-0.3, -0.25) is 9.69 Å². The van der Waals surface area contributed by atoms with E-state index in [4.69, 9.17) is 9.40 Å². The van der Waals surface area contributed by atoms with Crippen molar-refractivity contribution in [2.75, 3.05) is 6.54 Å². The van der Waals surface area contributed by atoms with Crippen molar-refractivity contribution >= 4 is 5.97 Å². The van der Waals surface area contributed by atoms with Gasteiger partial charge in [0.05, 0.1) is 5.69 Å². The normalized spacial score (nSPS) is 11.6. The maximum absolute atomic E-state index is 11.7. The molecule has 0 bridgehead atoms. The molecule has 1 aromatic heterocycles. The van der Waals surface area contributed by atoms with Gasteiger partial charge in [0, 0.05) is 18.7 Å². The van der Waals surface area contributed by atoms with E-state index >= 15 is 0 Å². The quantitative estimate of drug-likeness (QED) is 0.395. The summed E-state index contributed by atoms with van der Waals surface area (Å²) in [5.41, 5.74) is 3.36. The number of aryl methyl sites for hydroxylation is 3. The summed E-state index contributed by atoms with van der Waals surface area (Å²) in [6.07, 6.45) is 4.48. The smallest absolute Gasteiger partial charge is 0.323 e. The van der Waals surface area contributed by atoms with E-state index in [1.54, 1.807) is 19.9 Å². The topological polar surface area (TPSA) is 66.6 Å². The van der Waals surface area contributed by atoms with Crippen LogP contribution in [-0.4, -0.2) is 33.0 Å². The first-order chi connectivity index (χ1) is 15.3. The molecule has 1 N–H and O–H groups in total. The fourth-order valence-electron chi connectivity index (χ4n) is 3.71. The summed E-state index contributed by atoms with van der Waals surface area (Å²) in [6.45, 7) is 10.3. The highest BCUT2D eigenvalue weighted by molar-refractivity contribution is 5.77. The van der Waals surface area contributed by atoms with Gasteiger partial charge in [0.25, 0.3) is 0 Å². The zero-order valence-corrected chi connectivity index (χ0v) is 19.2. The fraction of sp³-hybridized carbons (Fsp3) is 0.333. The van der Waals surface area contributed by atoms with Crippen molar-refractivity contribution in [1.82, 2.24) is 9.88 Å². The Balaban J connectivity index is 1.62. The van der Waals surface area contributed by atoms with Crippen LogP contribution in [0.15, 0.2) is 71.7 Å². The minimum Gasteiger partial charge on any atom is -0.480 e. The van der Waals surface area contributed by atoms with Crippen molar-refractivity contribution in [3.8, 4) is 11.5 Å². The summed E-state index contributed by atoms with van der Waals surface area (Å²) in [5, 5.41) is 9.60. The van der Waals surface area contributed by atoms with Crippen LogP contribution in [0.25, 0.3) is 11.5 Å². The van der Waals surface area contributed by atoms with Gasteiger partial charge in [-0.05, 0) is 63.3 Å². The molecule has 0 saturated carbocycles. The molecule has 0 aliphatic rings. The molecule has 3 rings (SSSR count). The van der Waals surface area contributed by atoms with Crippen LogP contribution < -0.4 is 0 Å². The van der Waals surface area contributed by atoms with Gasteiger partial charge in [0.1, 0.15) is 11.3 Å². The van der Waals surface area contributed by atoms with Crippen molar-refractivity contribution < 1.29 is 14.3 Å². The summed E-state index contributed by atoms with van der Waals surface area (Å²) in [7, 11) is 0. The molecular formula is C27H32N2O3. The largest absolute Gasteiger partial charge is 0.480 e. The highest BCUT2D eigenvalue weighted by Gasteiger charge is 2.33. The minimum atomic E-state index is -0.967. The molecule has 0 aliphatic carbocycles. The van der Waals surface area contributed by atoms with Crippen LogP contribution in [0, 0.1) is 6.92 Å². The number of carbonyl (C=O) groups is 1. The third kappa shape index (κ3) is 5.74. The van der Waals surface area contributed by atoms with Gasteiger partial charge in [-0.25, -0.2) is 4.98 Å². The zero-order chi connectivity index (χ0) is 23.1. The van der Waals surface area contributed by atoms with Gasteiger partial charge in [-0.1, -0.05) is 48.5 Å². The molecule has 2 aromatic carbocycles. The average Bonchev–Trinajstić information content (AvgIpc) is 3.15. The number of aliphatic carboxylic acids is 1. The lowest BCUT2D eigenvalue weighted by atomic mass is 10.00. The van der Waals surface area contributed by atoms with Gasteiger partial charge in [-0.15, -0.1) is 6.58 Å². The van der Waals surface area contributed by atoms with Crippen LogP contribution >= 0.6 is 0 Å². The van der Waals surface area contributed by atoms with Crippen molar-refractivity contribution in [1.29, 1.82) is 0 Å². The Labute approximate surface area is 190 Å². The van der Waals surface area contributed by atoms with Gasteiger partial charge >= 0.3 is 5.97 Å². The first-order valence-electron chi connectivity index (χ1n) is 11.0. The Hall–Kier alpha value is -3.18. The van der Waals surface area contributed by atoms with Gasteiger partial charge in [0.2, 0.25) is 5.89 Å². The zero-order valence-electron chi connectivity index (χ0n) is 19.2. The molecule has 0 unspecified atom stereocenters. The monoisotopic (exact) mass is 432 g/mol. The number of carboxylic acids is 1. The molecule has 5 nitrogen and oxygen atoms in total. The molecule has 0 aliphatic heterocycles. The number of hydrogen-bond donors (Lipinski definition) is 1. The maximum atomic E-state index is 11.7. The second kappa shape index (κ2) is 10.4. The van der Waals surface area contributed by atoms with Crippen molar-refractivity contribution in [2.45, 2.75) is 52.1 Å². The highest BCUT2D eigenvalue weighted by Crippen LogP contribution is 2.23. The first-order valence-corrected chi connectivity index (χ1v) is 11.0. The van der Waals surface area contributed by atoms with E-state index in [2.05, 4.69) is 18.7 Å². The van der Waals surface area contributed by atoms with Gasteiger partial charge < -0.3 is 9.52 Å². The summed E-state index contributed by atoms with van der Waals surface area (Å²) in [4.78, 5) is 18.3. The lowest BCUT2D eigenvalue weighted by molar-refractivity contribution is -0.149. The Morgan fingerprint density at radius 1 is 1.12 bits per heavy atom. The Bertz CT molecular complexity index is 1050. The van der Waals surface area contributed by atoms with Gasteiger partial charge in [-0.2, -0.15) is 0 Å². The first kappa shape index (κ1) is 23.5. The Morgan fingerprint density at radius 2 is 1.84 bits per heavy atom. The molecule has 0 spiro atoms. The molecule has 0 atom stereocenters. The highest BCUT2D eigenvalue weighted by atomic mass is 16.4. The minimum absolute atomic E-state index is 0.513. The van der Waals surface area contributed by atoms with E-state index in [-0.39, 0.29) is 0 Å². The molecule has 0 fully saturated rings. The average molecular weight is 433 g/mol. The lowest BCUT2D eigenvalue weighted by Crippen LogP contribution is -2.49. The van der Waals surface area contributed by atoms with Crippen LogP contribution in [0.1, 0.15) is 42.8 Å². The molecule has 1 heterocycles. The molecule has 3 aromatic rings. The molecule has 5 heteroatoms.